The predicted octanol–water partition coefficient (Wildman–Crippen LogP) is 1.93. The molecule has 0 bridgehead atoms. The van der Waals surface area contributed by atoms with Gasteiger partial charge >= 0.3 is 0 Å². The average molecular weight is 524 g/mol. The van der Waals surface area contributed by atoms with Gasteiger partial charge in [0.2, 0.25) is 6.41 Å². The Hall–Kier alpha value is -3.47. The zero-order valence-electron chi connectivity index (χ0n) is 22.2. The van der Waals surface area contributed by atoms with E-state index >= 15 is 0 Å². The Morgan fingerprint density at radius 3 is 2.50 bits per heavy atom. The number of benzene rings is 1. The molecule has 0 unspecified atom stereocenters. The molecule has 3 heterocycles. The lowest BCUT2D eigenvalue weighted by Gasteiger charge is -2.34. The van der Waals surface area contributed by atoms with Gasteiger partial charge in [-0.2, -0.15) is 0 Å². The fraction of sp³-hybridized carbons (Fsp3) is 0.464. The molecule has 10 heteroatoms. The van der Waals surface area contributed by atoms with Crippen molar-refractivity contribution in [3.63, 3.8) is 0 Å². The molecule has 2 aromatic heterocycles. The predicted molar refractivity (Wildman–Crippen MR) is 144 cm³/mol. The van der Waals surface area contributed by atoms with Crippen LogP contribution in [0.15, 0.2) is 51.9 Å². The summed E-state index contributed by atoms with van der Waals surface area (Å²) >= 11 is 0. The van der Waals surface area contributed by atoms with Crippen LogP contribution in [0.5, 0.6) is 5.75 Å². The zero-order valence-corrected chi connectivity index (χ0v) is 22.2. The highest BCUT2D eigenvalue weighted by molar-refractivity contribution is 5.66. The minimum Gasteiger partial charge on any atom is -0.492 e. The summed E-state index contributed by atoms with van der Waals surface area (Å²) in [6, 6.07) is 11.3. The van der Waals surface area contributed by atoms with E-state index in [-0.39, 0.29) is 5.56 Å². The van der Waals surface area contributed by atoms with Gasteiger partial charge in [0.05, 0.1) is 25.5 Å². The SMILES string of the molecule is Cc1noc(C)c1-c1ccc(=O)n(Cc2cccc(OCCN3CCN(CCOCCNC=O)CC3)c2)c1. The van der Waals surface area contributed by atoms with Crippen molar-refractivity contribution in [2.75, 3.05) is 65.6 Å². The molecule has 204 valence electrons. The van der Waals surface area contributed by atoms with Crippen LogP contribution in [0.3, 0.4) is 0 Å². The Morgan fingerprint density at radius 2 is 1.79 bits per heavy atom. The number of carbonyl (C=O) groups is 1. The van der Waals surface area contributed by atoms with Gasteiger partial charge in [-0.3, -0.25) is 19.4 Å². The first-order valence-corrected chi connectivity index (χ1v) is 13.1. The molecule has 0 atom stereocenters. The maximum atomic E-state index is 12.5. The third-order valence-electron chi connectivity index (χ3n) is 6.72. The van der Waals surface area contributed by atoms with Crippen molar-refractivity contribution in [3.8, 4) is 16.9 Å². The van der Waals surface area contributed by atoms with Crippen LogP contribution < -0.4 is 15.6 Å². The Labute approximate surface area is 223 Å². The van der Waals surface area contributed by atoms with Crippen molar-refractivity contribution in [1.82, 2.24) is 24.8 Å². The lowest BCUT2D eigenvalue weighted by Crippen LogP contribution is -2.48. The fourth-order valence-electron chi connectivity index (χ4n) is 4.64. The smallest absolute Gasteiger partial charge is 0.250 e. The average Bonchev–Trinajstić information content (AvgIpc) is 3.26. The molecule has 38 heavy (non-hydrogen) atoms. The van der Waals surface area contributed by atoms with Gasteiger partial charge in [0.15, 0.2) is 0 Å². The van der Waals surface area contributed by atoms with Crippen LogP contribution in [0.1, 0.15) is 17.0 Å². The van der Waals surface area contributed by atoms with Crippen molar-refractivity contribution in [3.05, 3.63) is 70.0 Å². The molecule has 10 nitrogen and oxygen atoms in total. The molecule has 1 aromatic carbocycles. The summed E-state index contributed by atoms with van der Waals surface area (Å²) in [6.07, 6.45) is 2.55. The molecule has 1 amide bonds. The number of amides is 1. The van der Waals surface area contributed by atoms with Crippen molar-refractivity contribution >= 4 is 6.41 Å². The largest absolute Gasteiger partial charge is 0.492 e. The molecule has 1 fully saturated rings. The standard InChI is InChI=1S/C28H37N5O5/c1-22-28(23(2)38-30-22)25-6-7-27(35)33(20-25)19-24-4-3-5-26(18-24)37-17-14-32-11-9-31(10-12-32)13-16-36-15-8-29-21-34/h3-7,18,20-21H,8-17,19H2,1-2H3,(H,29,34). The highest BCUT2D eigenvalue weighted by Gasteiger charge is 2.16. The lowest BCUT2D eigenvalue weighted by atomic mass is 10.1. The number of hydrogen-bond acceptors (Lipinski definition) is 8. The maximum absolute atomic E-state index is 12.5. The Bertz CT molecular complexity index is 1210. The first-order chi connectivity index (χ1) is 18.5. The highest BCUT2D eigenvalue weighted by atomic mass is 16.5. The first kappa shape index (κ1) is 27.6. The molecular formula is C28H37N5O5. The molecule has 3 aromatic rings. The van der Waals surface area contributed by atoms with Crippen LogP contribution >= 0.6 is 0 Å². The number of piperazine rings is 1. The zero-order chi connectivity index (χ0) is 26.7. The number of pyridine rings is 1. The van der Waals surface area contributed by atoms with E-state index in [9.17, 15) is 9.59 Å². The number of aryl methyl sites for hydroxylation is 2. The van der Waals surface area contributed by atoms with Crippen LogP contribution in [-0.4, -0.2) is 91.6 Å². The summed E-state index contributed by atoms with van der Waals surface area (Å²) in [5.41, 5.74) is 3.57. The number of ether oxygens (including phenoxy) is 2. The number of nitrogens with zero attached hydrogens (tertiary/aromatic N) is 4. The summed E-state index contributed by atoms with van der Waals surface area (Å²) in [4.78, 5) is 27.6. The van der Waals surface area contributed by atoms with Gasteiger partial charge in [-0.05, 0) is 37.6 Å². The lowest BCUT2D eigenvalue weighted by molar-refractivity contribution is -0.109. The van der Waals surface area contributed by atoms with E-state index in [0.29, 0.717) is 39.3 Å². The Balaban J connectivity index is 1.22. The van der Waals surface area contributed by atoms with Gasteiger partial charge in [-0.1, -0.05) is 17.3 Å². The van der Waals surface area contributed by atoms with E-state index in [2.05, 4.69) is 20.3 Å². The van der Waals surface area contributed by atoms with E-state index in [1.165, 1.54) is 0 Å². The van der Waals surface area contributed by atoms with Crippen LogP contribution in [0.25, 0.3) is 11.1 Å². The fourth-order valence-corrected chi connectivity index (χ4v) is 4.64. The van der Waals surface area contributed by atoms with Gasteiger partial charge in [0, 0.05) is 69.2 Å². The molecule has 4 rings (SSSR count). The summed E-state index contributed by atoms with van der Waals surface area (Å²) < 4.78 is 18.6. The van der Waals surface area contributed by atoms with Gasteiger partial charge in [-0.25, -0.2) is 0 Å². The van der Waals surface area contributed by atoms with E-state index in [0.717, 1.165) is 73.2 Å². The molecule has 0 aliphatic carbocycles. The van der Waals surface area contributed by atoms with Crippen molar-refractivity contribution in [1.29, 1.82) is 0 Å². The van der Waals surface area contributed by atoms with Crippen molar-refractivity contribution in [2.45, 2.75) is 20.4 Å². The first-order valence-electron chi connectivity index (χ1n) is 13.1. The number of carbonyl (C=O) groups excluding carboxylic acids is 1. The minimum atomic E-state index is -0.0626. The van der Waals surface area contributed by atoms with E-state index in [1.54, 1.807) is 10.6 Å². The second kappa shape index (κ2) is 13.9. The monoisotopic (exact) mass is 523 g/mol. The van der Waals surface area contributed by atoms with Crippen molar-refractivity contribution in [2.24, 2.45) is 0 Å². The number of aromatic nitrogens is 2. The minimum absolute atomic E-state index is 0.0626. The molecular weight excluding hydrogens is 486 g/mol. The van der Waals surface area contributed by atoms with E-state index < -0.39 is 0 Å². The Kier molecular flexibility index (Phi) is 10.1. The summed E-state index contributed by atoms with van der Waals surface area (Å²) in [7, 11) is 0. The van der Waals surface area contributed by atoms with Gasteiger partial charge in [-0.15, -0.1) is 0 Å². The highest BCUT2D eigenvalue weighted by Crippen LogP contribution is 2.26. The van der Waals surface area contributed by atoms with Crippen molar-refractivity contribution < 1.29 is 18.8 Å². The van der Waals surface area contributed by atoms with Crippen LogP contribution in [0.2, 0.25) is 0 Å². The summed E-state index contributed by atoms with van der Waals surface area (Å²) in [5, 5.41) is 6.62. The van der Waals surface area contributed by atoms with Gasteiger partial charge < -0.3 is 23.9 Å². The number of hydrogen-bond donors (Lipinski definition) is 1. The van der Waals surface area contributed by atoms with E-state index in [4.69, 9.17) is 14.0 Å². The van der Waals surface area contributed by atoms with Crippen LogP contribution in [0, 0.1) is 13.8 Å². The topological polar surface area (TPSA) is 102 Å². The summed E-state index contributed by atoms with van der Waals surface area (Å²) in [6.45, 7) is 12.4. The Morgan fingerprint density at radius 1 is 1.03 bits per heavy atom. The summed E-state index contributed by atoms with van der Waals surface area (Å²) in [5.74, 6) is 1.54. The second-order valence-electron chi connectivity index (χ2n) is 9.45. The van der Waals surface area contributed by atoms with E-state index in [1.807, 2.05) is 50.4 Å². The molecule has 1 saturated heterocycles. The maximum Gasteiger partial charge on any atom is 0.250 e. The van der Waals surface area contributed by atoms with Crippen LogP contribution in [0.4, 0.5) is 0 Å². The number of rotatable bonds is 14. The normalized spacial score (nSPS) is 14.5. The third kappa shape index (κ3) is 7.77. The number of nitrogens with one attached hydrogen (secondary N) is 1. The van der Waals surface area contributed by atoms with Gasteiger partial charge in [0.1, 0.15) is 18.1 Å². The molecule has 1 aliphatic heterocycles. The molecule has 1 aliphatic rings. The third-order valence-corrected chi connectivity index (χ3v) is 6.72. The molecule has 0 spiro atoms. The molecule has 0 radical (unpaired) electrons. The second-order valence-corrected chi connectivity index (χ2v) is 9.45. The van der Waals surface area contributed by atoms with Crippen LogP contribution in [-0.2, 0) is 16.1 Å². The molecule has 1 N–H and O–H groups in total. The van der Waals surface area contributed by atoms with Gasteiger partial charge in [0.25, 0.3) is 5.56 Å². The molecule has 0 saturated carbocycles. The quantitative estimate of drug-likeness (QED) is 0.253.